The third kappa shape index (κ3) is 2.11. The second-order valence-corrected chi connectivity index (χ2v) is 5.17. The molecule has 1 spiro atoms. The predicted molar refractivity (Wildman–Crippen MR) is 71.0 cm³/mol. The van der Waals surface area contributed by atoms with Gasteiger partial charge < -0.3 is 9.80 Å². The third-order valence-corrected chi connectivity index (χ3v) is 4.11. The quantitative estimate of drug-likeness (QED) is 0.672. The Hall–Kier alpha value is -0.190. The van der Waals surface area contributed by atoms with Gasteiger partial charge >= 0.3 is 0 Å². The zero-order valence-corrected chi connectivity index (χ0v) is 11.5. The van der Waals surface area contributed by atoms with Crippen molar-refractivity contribution < 1.29 is 4.79 Å². The summed E-state index contributed by atoms with van der Waals surface area (Å²) in [6, 6.07) is 0. The fourth-order valence-electron chi connectivity index (χ4n) is 2.62. The standard InChI is InChI=1S/C11H18N2OS.ClH/c1-3-13-9(15)8-11(10(13)14)4-6-12(2)7-5-11;/h3-8H2,1-2H3;1H. The lowest BCUT2D eigenvalue weighted by atomic mass is 9.77. The van der Waals surface area contributed by atoms with Crippen molar-refractivity contribution in [1.29, 1.82) is 0 Å². The maximum absolute atomic E-state index is 12.3. The minimum absolute atomic E-state index is 0. The van der Waals surface area contributed by atoms with Gasteiger partial charge in [-0.3, -0.25) is 4.79 Å². The van der Waals surface area contributed by atoms with E-state index < -0.39 is 0 Å². The van der Waals surface area contributed by atoms with Gasteiger partial charge in [0.25, 0.3) is 0 Å². The van der Waals surface area contributed by atoms with E-state index in [4.69, 9.17) is 12.2 Å². The van der Waals surface area contributed by atoms with Gasteiger partial charge in [0, 0.05) is 13.0 Å². The smallest absolute Gasteiger partial charge is 0.234 e. The maximum Gasteiger partial charge on any atom is 0.234 e. The number of hydrogen-bond acceptors (Lipinski definition) is 3. The van der Waals surface area contributed by atoms with Gasteiger partial charge in [0.2, 0.25) is 5.91 Å². The maximum atomic E-state index is 12.3. The van der Waals surface area contributed by atoms with Gasteiger partial charge in [-0.2, -0.15) is 0 Å². The number of thiocarbonyl (C=S) groups is 1. The highest BCUT2D eigenvalue weighted by atomic mass is 35.5. The predicted octanol–water partition coefficient (Wildman–Crippen LogP) is 1.70. The van der Waals surface area contributed by atoms with E-state index in [0.717, 1.165) is 43.9 Å². The lowest BCUT2D eigenvalue weighted by Gasteiger charge is -2.35. The van der Waals surface area contributed by atoms with Gasteiger partial charge in [-0.15, -0.1) is 12.4 Å². The van der Waals surface area contributed by atoms with Crippen LogP contribution in [0.2, 0.25) is 0 Å². The van der Waals surface area contributed by atoms with E-state index in [0.29, 0.717) is 0 Å². The molecule has 0 N–H and O–H groups in total. The van der Waals surface area contributed by atoms with Crippen LogP contribution in [0.1, 0.15) is 26.2 Å². The summed E-state index contributed by atoms with van der Waals surface area (Å²) >= 11 is 5.29. The van der Waals surface area contributed by atoms with Crippen LogP contribution in [0, 0.1) is 5.41 Å². The minimum Gasteiger partial charge on any atom is -0.306 e. The van der Waals surface area contributed by atoms with E-state index >= 15 is 0 Å². The van der Waals surface area contributed by atoms with Gasteiger partial charge in [0.1, 0.15) is 0 Å². The van der Waals surface area contributed by atoms with Gasteiger partial charge in [0.05, 0.1) is 10.4 Å². The van der Waals surface area contributed by atoms with E-state index in [1.165, 1.54) is 0 Å². The lowest BCUT2D eigenvalue weighted by Crippen LogP contribution is -2.43. The number of carbonyl (C=O) groups is 1. The number of nitrogens with zero attached hydrogens (tertiary/aromatic N) is 2. The van der Waals surface area contributed by atoms with E-state index in [1.807, 2.05) is 6.92 Å². The number of likely N-dealkylation sites (tertiary alicyclic amines) is 2. The summed E-state index contributed by atoms with van der Waals surface area (Å²) in [5, 5.41) is 0. The molecule has 0 atom stereocenters. The average Bonchev–Trinajstić information content (AvgIpc) is 2.44. The molecule has 2 saturated heterocycles. The summed E-state index contributed by atoms with van der Waals surface area (Å²) in [6.07, 6.45) is 2.75. The molecule has 0 bridgehead atoms. The summed E-state index contributed by atoms with van der Waals surface area (Å²) < 4.78 is 0. The first kappa shape index (κ1) is 13.9. The van der Waals surface area contributed by atoms with Gasteiger partial charge in [-0.05, 0) is 39.9 Å². The van der Waals surface area contributed by atoms with Crippen LogP contribution >= 0.6 is 24.6 Å². The van der Waals surface area contributed by atoms with Gasteiger partial charge in [-0.25, -0.2) is 0 Å². The van der Waals surface area contributed by atoms with E-state index in [9.17, 15) is 4.79 Å². The Morgan fingerprint density at radius 1 is 1.38 bits per heavy atom. The number of amides is 1. The first-order valence-corrected chi connectivity index (χ1v) is 6.03. The Bertz CT molecular complexity index is 300. The Morgan fingerprint density at radius 3 is 2.38 bits per heavy atom. The van der Waals surface area contributed by atoms with Crippen LogP contribution in [0.5, 0.6) is 0 Å². The molecule has 0 saturated carbocycles. The topological polar surface area (TPSA) is 23.6 Å². The van der Waals surface area contributed by atoms with Crippen molar-refractivity contribution in [1.82, 2.24) is 9.80 Å². The van der Waals surface area contributed by atoms with Gasteiger partial charge in [-0.1, -0.05) is 12.2 Å². The van der Waals surface area contributed by atoms with Crippen LogP contribution in [-0.4, -0.2) is 47.4 Å². The number of carbonyl (C=O) groups excluding carboxylic acids is 1. The monoisotopic (exact) mass is 262 g/mol. The van der Waals surface area contributed by atoms with Crippen LogP contribution < -0.4 is 0 Å². The first-order valence-electron chi connectivity index (χ1n) is 5.62. The molecule has 0 aromatic heterocycles. The van der Waals surface area contributed by atoms with Crippen molar-refractivity contribution in [3.05, 3.63) is 0 Å². The van der Waals surface area contributed by atoms with Crippen molar-refractivity contribution in [2.45, 2.75) is 26.2 Å². The molecule has 0 radical (unpaired) electrons. The van der Waals surface area contributed by atoms with E-state index in [-0.39, 0.29) is 23.7 Å². The molecule has 16 heavy (non-hydrogen) atoms. The zero-order valence-electron chi connectivity index (χ0n) is 9.86. The zero-order chi connectivity index (χ0) is 11.1. The molecular formula is C11H19ClN2OS. The van der Waals surface area contributed by atoms with Crippen LogP contribution in [0.4, 0.5) is 0 Å². The van der Waals surface area contributed by atoms with Crippen LogP contribution in [0.15, 0.2) is 0 Å². The van der Waals surface area contributed by atoms with E-state index in [1.54, 1.807) is 4.90 Å². The van der Waals surface area contributed by atoms with Crippen molar-refractivity contribution in [3.8, 4) is 0 Å². The molecule has 0 unspecified atom stereocenters. The largest absolute Gasteiger partial charge is 0.306 e. The molecule has 2 aliphatic rings. The number of halogens is 1. The van der Waals surface area contributed by atoms with Gasteiger partial charge in [0.15, 0.2) is 0 Å². The fraction of sp³-hybridized carbons (Fsp3) is 0.818. The average molecular weight is 263 g/mol. The summed E-state index contributed by atoms with van der Waals surface area (Å²) in [7, 11) is 2.11. The Labute approximate surface area is 109 Å². The second-order valence-electron chi connectivity index (χ2n) is 4.70. The molecule has 5 heteroatoms. The summed E-state index contributed by atoms with van der Waals surface area (Å²) in [4.78, 5) is 17.2. The van der Waals surface area contributed by atoms with E-state index in [2.05, 4.69) is 11.9 Å². The SMILES string of the molecule is CCN1C(=O)C2(CCN(C)CC2)CC1=S.Cl. The number of piperidine rings is 1. The molecule has 0 aromatic carbocycles. The first-order chi connectivity index (χ1) is 7.09. The molecular weight excluding hydrogens is 244 g/mol. The third-order valence-electron chi connectivity index (χ3n) is 3.75. The molecule has 2 aliphatic heterocycles. The number of rotatable bonds is 1. The summed E-state index contributed by atoms with van der Waals surface area (Å²) in [5.74, 6) is 0.281. The summed E-state index contributed by atoms with van der Waals surface area (Å²) in [5.41, 5.74) is -0.139. The Kier molecular flexibility index (Phi) is 4.32. The highest BCUT2D eigenvalue weighted by Crippen LogP contribution is 2.42. The minimum atomic E-state index is -0.139. The molecule has 1 amide bonds. The molecule has 2 fully saturated rings. The Morgan fingerprint density at radius 2 is 1.94 bits per heavy atom. The molecule has 2 rings (SSSR count). The van der Waals surface area contributed by atoms with Crippen LogP contribution in [-0.2, 0) is 4.79 Å². The molecule has 2 heterocycles. The van der Waals surface area contributed by atoms with Crippen molar-refractivity contribution in [2.75, 3.05) is 26.7 Å². The number of hydrogen-bond donors (Lipinski definition) is 0. The molecule has 0 aromatic rings. The van der Waals surface area contributed by atoms with Crippen molar-refractivity contribution in [3.63, 3.8) is 0 Å². The van der Waals surface area contributed by atoms with Crippen molar-refractivity contribution >= 4 is 35.5 Å². The molecule has 0 aliphatic carbocycles. The lowest BCUT2D eigenvalue weighted by molar-refractivity contribution is -0.136. The normalized spacial score (nSPS) is 25.0. The second kappa shape index (κ2) is 4.98. The van der Waals surface area contributed by atoms with Crippen LogP contribution in [0.25, 0.3) is 0 Å². The summed E-state index contributed by atoms with van der Waals surface area (Å²) in [6.45, 7) is 4.77. The van der Waals surface area contributed by atoms with Crippen LogP contribution in [0.3, 0.4) is 0 Å². The molecule has 92 valence electrons. The highest BCUT2D eigenvalue weighted by molar-refractivity contribution is 7.80. The van der Waals surface area contributed by atoms with Crippen molar-refractivity contribution in [2.24, 2.45) is 5.41 Å². The molecule has 3 nitrogen and oxygen atoms in total. The highest BCUT2D eigenvalue weighted by Gasteiger charge is 2.49. The fourth-order valence-corrected chi connectivity index (χ4v) is 3.11. The Balaban J connectivity index is 0.00000128.